The highest BCUT2D eigenvalue weighted by Gasteiger charge is 2.66. The minimum atomic E-state index is -2.79. The van der Waals surface area contributed by atoms with Crippen molar-refractivity contribution in [3.05, 3.63) is 109 Å². The molecule has 1 fully saturated rings. The zero-order valence-corrected chi connectivity index (χ0v) is 30.2. The largest absolute Gasteiger partial charge is 0.432 e. The average Bonchev–Trinajstić information content (AvgIpc) is 3.63. The molecule has 3 aromatic carbocycles. The molecule has 0 saturated carbocycles. The van der Waals surface area contributed by atoms with Gasteiger partial charge in [0.15, 0.2) is 13.9 Å². The predicted molar refractivity (Wildman–Crippen MR) is 189 cm³/mol. The fourth-order valence-electron chi connectivity index (χ4n) is 7.19. The number of anilines is 1. The molecule has 230 valence electrons. The lowest BCUT2D eigenvalue weighted by atomic mass is 9.82. The lowest BCUT2D eigenvalue weighted by molar-refractivity contribution is -0.146. The smallest absolute Gasteiger partial charge is 0.264 e. The van der Waals surface area contributed by atoms with Gasteiger partial charge in [0.25, 0.3) is 5.91 Å². The van der Waals surface area contributed by atoms with Crippen molar-refractivity contribution in [3.8, 4) is 0 Å². The van der Waals surface area contributed by atoms with E-state index in [0.29, 0.717) is 25.2 Å². The highest BCUT2D eigenvalue weighted by atomic mass is 127. The molecule has 1 aromatic heterocycles. The van der Waals surface area contributed by atoms with E-state index < -0.39 is 13.9 Å². The fourth-order valence-corrected chi connectivity index (χ4v) is 10.9. The summed E-state index contributed by atoms with van der Waals surface area (Å²) in [6.45, 7) is 6.86. The van der Waals surface area contributed by atoms with Crippen molar-refractivity contribution in [2.24, 2.45) is 5.92 Å². The maximum atomic E-state index is 14.6. The average molecular weight is 835 g/mol. The van der Waals surface area contributed by atoms with Crippen LogP contribution in [0.5, 0.6) is 0 Å². The van der Waals surface area contributed by atoms with Gasteiger partial charge in [-0.05, 0) is 106 Å². The van der Waals surface area contributed by atoms with Crippen molar-refractivity contribution in [1.29, 1.82) is 0 Å². The second-order valence-electron chi connectivity index (χ2n) is 12.4. The summed E-state index contributed by atoms with van der Waals surface area (Å²) in [4.78, 5) is 28.1. The molecule has 1 unspecified atom stereocenters. The van der Waals surface area contributed by atoms with Crippen molar-refractivity contribution in [3.63, 3.8) is 0 Å². The zero-order chi connectivity index (χ0) is 31.2. The first kappa shape index (κ1) is 31.8. The Morgan fingerprint density at radius 1 is 1.05 bits per heavy atom. The summed E-state index contributed by atoms with van der Waals surface area (Å²) in [6.07, 6.45) is 2.09. The summed E-state index contributed by atoms with van der Waals surface area (Å²) in [5, 5.41) is 18.9. The molecule has 0 radical (unpaired) electrons. The Bertz CT molecular complexity index is 1660. The quantitative estimate of drug-likeness (QED) is 0.158. The minimum Gasteiger partial charge on any atom is -0.432 e. The van der Waals surface area contributed by atoms with Crippen LogP contribution >= 0.6 is 45.2 Å². The summed E-state index contributed by atoms with van der Waals surface area (Å²) < 4.78 is 10.9. The van der Waals surface area contributed by atoms with E-state index in [1.54, 1.807) is 4.68 Å². The number of aryl methyl sites for hydroxylation is 1. The summed E-state index contributed by atoms with van der Waals surface area (Å²) in [5.74, 6) is -0.558. The van der Waals surface area contributed by atoms with Gasteiger partial charge in [-0.3, -0.25) is 9.48 Å². The molecule has 44 heavy (non-hydrogen) atoms. The van der Waals surface area contributed by atoms with Gasteiger partial charge in [-0.25, -0.2) is 0 Å². The van der Waals surface area contributed by atoms with Crippen LogP contribution in [0.3, 0.4) is 0 Å². The van der Waals surface area contributed by atoms with E-state index in [2.05, 4.69) is 74.6 Å². The summed E-state index contributed by atoms with van der Waals surface area (Å²) in [7, 11) is -2.79. The van der Waals surface area contributed by atoms with E-state index in [1.165, 1.54) is 0 Å². The molecule has 0 aliphatic carbocycles. The van der Waals surface area contributed by atoms with Crippen LogP contribution in [0.2, 0.25) is 18.6 Å². The predicted octanol–water partition coefficient (Wildman–Crippen LogP) is 6.05. The van der Waals surface area contributed by atoms with Gasteiger partial charge in [0, 0.05) is 36.9 Å². The maximum absolute atomic E-state index is 14.6. The Hall–Kier alpha value is -2.17. The van der Waals surface area contributed by atoms with Crippen LogP contribution in [0.1, 0.15) is 41.6 Å². The highest BCUT2D eigenvalue weighted by molar-refractivity contribution is 14.1. The fraction of sp³-hybridized carbons (Fsp3) is 0.364. The number of amides is 1. The number of halogens is 2. The summed E-state index contributed by atoms with van der Waals surface area (Å²) in [6, 6.07) is 24.1. The van der Waals surface area contributed by atoms with Crippen LogP contribution in [0, 0.1) is 13.1 Å². The van der Waals surface area contributed by atoms with Crippen molar-refractivity contribution < 1.29 is 19.4 Å². The third-order valence-electron chi connectivity index (χ3n) is 9.12. The molecule has 1 saturated heterocycles. The van der Waals surface area contributed by atoms with Gasteiger partial charge in [0.05, 0.1) is 36.6 Å². The van der Waals surface area contributed by atoms with Gasteiger partial charge >= 0.3 is 0 Å². The number of hydrogen-bond donors (Lipinski definition) is 2. The van der Waals surface area contributed by atoms with Crippen molar-refractivity contribution in [2.45, 2.75) is 62.7 Å². The molecule has 6 rings (SSSR count). The van der Waals surface area contributed by atoms with E-state index in [9.17, 15) is 14.7 Å². The Kier molecular flexibility index (Phi) is 9.07. The minimum absolute atomic E-state index is 0.0664. The van der Waals surface area contributed by atoms with Crippen LogP contribution in [-0.2, 0) is 28.2 Å². The maximum Gasteiger partial charge on any atom is 0.264 e. The Balaban J connectivity index is 1.30. The zero-order valence-electron chi connectivity index (χ0n) is 24.9. The molecule has 3 heterocycles. The normalized spacial score (nSPS) is 23.8. The Morgan fingerprint density at radius 2 is 1.80 bits per heavy atom. The third-order valence-corrected chi connectivity index (χ3v) is 13.0. The molecule has 2 aliphatic heterocycles. The molecule has 2 aliphatic rings. The standard InChI is InChI=1S/C33H36I2N4O4Si/c1-21-31(44(2,3)42)30(14-15-38-19-28(36-37-38)26(20-40)23-9-5-4-6-10-23)43-33(21)27-17-25(35)12-13-29(27)39(32(33)41)18-22-8-7-11-24(34)16-22/h4-13,16-17,19,21,26,30-31,40,42H,14-15,18,20H2,1-3H3/t21-,26?,30+,31-,33+/m0/s1. The molecular formula is C33H36I2N4O4Si. The molecule has 0 bridgehead atoms. The van der Waals surface area contributed by atoms with Crippen LogP contribution < -0.4 is 4.90 Å². The van der Waals surface area contributed by atoms with E-state index in [1.807, 2.05) is 84.9 Å². The molecule has 1 spiro atoms. The second-order valence-corrected chi connectivity index (χ2v) is 18.8. The van der Waals surface area contributed by atoms with Gasteiger partial charge in [-0.15, -0.1) is 5.10 Å². The first-order chi connectivity index (χ1) is 21.0. The molecular weight excluding hydrogens is 798 g/mol. The number of benzene rings is 3. The number of aliphatic hydroxyl groups excluding tert-OH is 1. The number of hydrogen-bond acceptors (Lipinski definition) is 6. The second kappa shape index (κ2) is 12.6. The van der Waals surface area contributed by atoms with Gasteiger partial charge in [0.2, 0.25) is 0 Å². The van der Waals surface area contributed by atoms with Gasteiger partial charge in [0.1, 0.15) is 0 Å². The van der Waals surface area contributed by atoms with Gasteiger partial charge in [-0.1, -0.05) is 54.6 Å². The SMILES string of the molecule is C[C@H]1[C@H]([Si](C)(C)O)[C@@H](CCn2cc(C(CO)c3ccccc3)nn2)O[C@]12C(=O)N(Cc1cccc(I)c1)c1ccc(I)cc12. The third kappa shape index (κ3) is 5.79. The number of carbonyl (C=O) groups excluding carboxylic acids is 1. The first-order valence-corrected chi connectivity index (χ1v) is 20.0. The Labute approximate surface area is 286 Å². The highest BCUT2D eigenvalue weighted by Crippen LogP contribution is 2.60. The molecule has 2 N–H and O–H groups in total. The molecule has 5 atom stereocenters. The Morgan fingerprint density at radius 3 is 2.50 bits per heavy atom. The van der Waals surface area contributed by atoms with Crippen LogP contribution in [0.15, 0.2) is 79.0 Å². The molecule has 11 heteroatoms. The number of nitrogens with zero attached hydrogens (tertiary/aromatic N) is 4. The van der Waals surface area contributed by atoms with E-state index in [4.69, 9.17) is 4.74 Å². The van der Waals surface area contributed by atoms with E-state index in [0.717, 1.165) is 29.5 Å². The van der Waals surface area contributed by atoms with Gasteiger partial charge < -0.3 is 19.5 Å². The first-order valence-electron chi connectivity index (χ1n) is 14.9. The van der Waals surface area contributed by atoms with Crippen LogP contribution in [-0.4, -0.2) is 51.8 Å². The lowest BCUT2D eigenvalue weighted by Crippen LogP contribution is -2.46. The van der Waals surface area contributed by atoms with Crippen molar-refractivity contribution in [1.82, 2.24) is 15.0 Å². The molecule has 4 aromatic rings. The topological polar surface area (TPSA) is 101 Å². The number of fused-ring (bicyclic) bond motifs is 2. The number of carbonyl (C=O) groups is 1. The van der Waals surface area contributed by atoms with Crippen LogP contribution in [0.25, 0.3) is 0 Å². The molecule has 1 amide bonds. The van der Waals surface area contributed by atoms with Gasteiger partial charge in [-0.2, -0.15) is 0 Å². The number of aromatic nitrogens is 3. The lowest BCUT2D eigenvalue weighted by Gasteiger charge is -2.32. The van der Waals surface area contributed by atoms with Crippen LogP contribution in [0.4, 0.5) is 5.69 Å². The van der Waals surface area contributed by atoms with E-state index >= 15 is 0 Å². The van der Waals surface area contributed by atoms with Crippen molar-refractivity contribution in [2.75, 3.05) is 11.5 Å². The number of aliphatic hydroxyl groups is 1. The molecule has 8 nitrogen and oxygen atoms in total. The monoisotopic (exact) mass is 834 g/mol. The summed E-state index contributed by atoms with van der Waals surface area (Å²) in [5.41, 5.74) is 3.14. The number of ether oxygens (including phenoxy) is 1. The summed E-state index contributed by atoms with van der Waals surface area (Å²) >= 11 is 4.59. The number of rotatable bonds is 9. The van der Waals surface area contributed by atoms with E-state index in [-0.39, 0.29) is 36.0 Å². The van der Waals surface area contributed by atoms with Crippen molar-refractivity contribution >= 4 is 65.1 Å².